The molecule has 6 heteroatoms. The quantitative estimate of drug-likeness (QED) is 0.722. The minimum atomic E-state index is 0.326. The van der Waals surface area contributed by atoms with Crippen molar-refractivity contribution in [3.05, 3.63) is 20.9 Å². The van der Waals surface area contributed by atoms with E-state index in [0.29, 0.717) is 4.83 Å². The van der Waals surface area contributed by atoms with Gasteiger partial charge in [0.1, 0.15) is 5.01 Å². The highest BCUT2D eigenvalue weighted by Crippen LogP contribution is 2.36. The summed E-state index contributed by atoms with van der Waals surface area (Å²) in [6, 6.07) is 4.10. The largest absolute Gasteiger partial charge is 0.157 e. The summed E-state index contributed by atoms with van der Waals surface area (Å²) in [6.07, 6.45) is 1.03. The summed E-state index contributed by atoms with van der Waals surface area (Å²) in [7, 11) is 0. The van der Waals surface area contributed by atoms with Crippen molar-refractivity contribution in [1.29, 1.82) is 0 Å². The molecule has 2 rings (SSSR count). The van der Waals surface area contributed by atoms with Crippen LogP contribution in [-0.4, -0.2) is 10.2 Å². The van der Waals surface area contributed by atoms with Gasteiger partial charge in [0.05, 0.1) is 13.5 Å². The van der Waals surface area contributed by atoms with Crippen LogP contribution in [0.25, 0.3) is 9.88 Å². The second-order valence-corrected chi connectivity index (χ2v) is 7.50. The summed E-state index contributed by atoms with van der Waals surface area (Å²) in [4.78, 5) is 1.49. The van der Waals surface area contributed by atoms with Crippen LogP contribution < -0.4 is 0 Å². The van der Waals surface area contributed by atoms with Crippen molar-refractivity contribution >= 4 is 54.5 Å². The predicted molar refractivity (Wildman–Crippen MR) is 72.9 cm³/mol. The monoisotopic (exact) mass is 366 g/mol. The maximum absolute atomic E-state index is 4.20. The maximum Gasteiger partial charge on any atom is 0.157 e. The fourth-order valence-electron chi connectivity index (χ4n) is 1.06. The van der Waals surface area contributed by atoms with E-state index in [1.807, 2.05) is 6.07 Å². The number of nitrogens with zero attached hydrogens (tertiary/aromatic N) is 2. The Morgan fingerprint density at radius 2 is 2.13 bits per heavy atom. The van der Waals surface area contributed by atoms with Crippen LogP contribution in [0.2, 0.25) is 0 Å². The maximum atomic E-state index is 4.20. The molecule has 0 aromatic carbocycles. The SMILES string of the molecule is CCC(Br)c1nnc(-c2ccc(Br)s2)s1. The lowest BCUT2D eigenvalue weighted by Gasteiger charge is -1.97. The Bertz CT molecular complexity index is 452. The van der Waals surface area contributed by atoms with Crippen LogP contribution >= 0.6 is 54.5 Å². The van der Waals surface area contributed by atoms with Crippen LogP contribution in [0.1, 0.15) is 23.2 Å². The highest BCUT2D eigenvalue weighted by molar-refractivity contribution is 9.11. The summed E-state index contributed by atoms with van der Waals surface area (Å²) in [5.41, 5.74) is 0. The lowest BCUT2D eigenvalue weighted by Crippen LogP contribution is -1.84. The zero-order chi connectivity index (χ0) is 10.8. The molecule has 0 aliphatic heterocycles. The van der Waals surface area contributed by atoms with Gasteiger partial charge in [-0.1, -0.05) is 34.2 Å². The molecule has 0 spiro atoms. The Morgan fingerprint density at radius 1 is 1.33 bits per heavy atom. The Kier molecular flexibility index (Phi) is 3.93. The number of rotatable bonds is 3. The van der Waals surface area contributed by atoms with Gasteiger partial charge in [-0.2, -0.15) is 0 Å². The Balaban J connectivity index is 2.27. The Labute approximate surface area is 113 Å². The van der Waals surface area contributed by atoms with E-state index in [9.17, 15) is 0 Å². The average molecular weight is 368 g/mol. The van der Waals surface area contributed by atoms with Crippen LogP contribution in [0.15, 0.2) is 15.9 Å². The molecular formula is C9H8Br2N2S2. The third-order valence-electron chi connectivity index (χ3n) is 1.85. The fraction of sp³-hybridized carbons (Fsp3) is 0.333. The molecule has 0 amide bonds. The molecule has 15 heavy (non-hydrogen) atoms. The van der Waals surface area contributed by atoms with Gasteiger partial charge in [-0.15, -0.1) is 21.5 Å². The first kappa shape index (κ1) is 11.7. The van der Waals surface area contributed by atoms with Crippen molar-refractivity contribution in [3.8, 4) is 9.88 Å². The molecule has 0 bridgehead atoms. The number of halogens is 2. The van der Waals surface area contributed by atoms with E-state index in [1.165, 1.54) is 4.88 Å². The molecule has 2 heterocycles. The minimum absolute atomic E-state index is 0.326. The predicted octanol–water partition coefficient (Wildman–Crippen LogP) is 4.88. The highest BCUT2D eigenvalue weighted by Gasteiger charge is 2.13. The number of hydrogen-bond acceptors (Lipinski definition) is 4. The van der Waals surface area contributed by atoms with Crippen molar-refractivity contribution < 1.29 is 0 Å². The molecule has 0 fully saturated rings. The third-order valence-corrected chi connectivity index (χ3v) is 6.07. The highest BCUT2D eigenvalue weighted by atomic mass is 79.9. The van der Waals surface area contributed by atoms with Gasteiger partial charge in [-0.3, -0.25) is 0 Å². The van der Waals surface area contributed by atoms with Crippen molar-refractivity contribution in [3.63, 3.8) is 0 Å². The van der Waals surface area contributed by atoms with Gasteiger partial charge in [0.25, 0.3) is 0 Å². The van der Waals surface area contributed by atoms with Crippen LogP contribution in [0.4, 0.5) is 0 Å². The van der Waals surface area contributed by atoms with Crippen LogP contribution in [0.3, 0.4) is 0 Å². The zero-order valence-electron chi connectivity index (χ0n) is 7.91. The summed E-state index contributed by atoms with van der Waals surface area (Å²) in [6.45, 7) is 2.13. The molecule has 2 nitrogen and oxygen atoms in total. The summed E-state index contributed by atoms with van der Waals surface area (Å²) in [5.74, 6) is 0. The van der Waals surface area contributed by atoms with Gasteiger partial charge in [0, 0.05) is 0 Å². The van der Waals surface area contributed by atoms with E-state index in [-0.39, 0.29) is 0 Å². The van der Waals surface area contributed by atoms with Crippen molar-refractivity contribution in [1.82, 2.24) is 10.2 Å². The second kappa shape index (κ2) is 5.03. The van der Waals surface area contributed by atoms with Gasteiger partial charge >= 0.3 is 0 Å². The molecule has 0 aliphatic rings. The summed E-state index contributed by atoms with van der Waals surface area (Å²) < 4.78 is 1.13. The molecule has 2 aromatic rings. The van der Waals surface area contributed by atoms with E-state index in [1.54, 1.807) is 22.7 Å². The van der Waals surface area contributed by atoms with Crippen LogP contribution in [0.5, 0.6) is 0 Å². The van der Waals surface area contributed by atoms with Crippen LogP contribution in [0, 0.1) is 0 Å². The number of hydrogen-bond donors (Lipinski definition) is 0. The topological polar surface area (TPSA) is 25.8 Å². The molecule has 0 saturated carbocycles. The van der Waals surface area contributed by atoms with Crippen LogP contribution in [-0.2, 0) is 0 Å². The number of aromatic nitrogens is 2. The molecule has 0 aliphatic carbocycles. The number of thiophene rings is 1. The van der Waals surface area contributed by atoms with Crippen molar-refractivity contribution in [2.24, 2.45) is 0 Å². The standard InChI is InChI=1S/C9H8Br2N2S2/c1-2-5(10)8-12-13-9(15-8)6-3-4-7(11)14-6/h3-5H,2H2,1H3. The van der Waals surface area contributed by atoms with Crippen molar-refractivity contribution in [2.75, 3.05) is 0 Å². The second-order valence-electron chi connectivity index (χ2n) is 2.92. The molecule has 0 radical (unpaired) electrons. The first-order valence-corrected chi connectivity index (χ1v) is 7.78. The minimum Gasteiger partial charge on any atom is -0.142 e. The summed E-state index contributed by atoms with van der Waals surface area (Å²) >= 11 is 10.4. The molecule has 1 unspecified atom stereocenters. The van der Waals surface area contributed by atoms with E-state index in [0.717, 1.165) is 20.2 Å². The molecule has 1 atom stereocenters. The van der Waals surface area contributed by atoms with Gasteiger partial charge < -0.3 is 0 Å². The smallest absolute Gasteiger partial charge is 0.142 e. The number of alkyl halides is 1. The molecule has 0 N–H and O–H groups in total. The third kappa shape index (κ3) is 2.67. The average Bonchev–Trinajstić information content (AvgIpc) is 2.84. The first-order chi connectivity index (χ1) is 7.20. The molecule has 80 valence electrons. The first-order valence-electron chi connectivity index (χ1n) is 4.44. The zero-order valence-corrected chi connectivity index (χ0v) is 12.7. The van der Waals surface area contributed by atoms with Gasteiger partial charge in [0.15, 0.2) is 5.01 Å². The van der Waals surface area contributed by atoms with Gasteiger partial charge in [0.2, 0.25) is 0 Å². The van der Waals surface area contributed by atoms with Gasteiger partial charge in [-0.05, 0) is 34.5 Å². The lowest BCUT2D eigenvalue weighted by atomic mass is 10.4. The van der Waals surface area contributed by atoms with E-state index < -0.39 is 0 Å². The van der Waals surface area contributed by atoms with E-state index in [4.69, 9.17) is 0 Å². The molecular weight excluding hydrogens is 360 g/mol. The lowest BCUT2D eigenvalue weighted by molar-refractivity contribution is 0.870. The Morgan fingerprint density at radius 3 is 2.73 bits per heavy atom. The van der Waals surface area contributed by atoms with Gasteiger partial charge in [-0.25, -0.2) is 0 Å². The molecule has 0 saturated heterocycles. The van der Waals surface area contributed by atoms with E-state index in [2.05, 4.69) is 55.0 Å². The fourth-order valence-corrected chi connectivity index (χ4v) is 3.78. The summed E-state index contributed by atoms with van der Waals surface area (Å²) in [5, 5.41) is 10.4. The normalized spacial score (nSPS) is 13.0. The van der Waals surface area contributed by atoms with E-state index >= 15 is 0 Å². The molecule has 2 aromatic heterocycles. The van der Waals surface area contributed by atoms with Crippen molar-refractivity contribution in [2.45, 2.75) is 18.2 Å². The Hall–Kier alpha value is 0.220.